The zero-order valence-electron chi connectivity index (χ0n) is 7.82. The first-order valence-corrected chi connectivity index (χ1v) is 5.13. The first-order chi connectivity index (χ1) is 7.16. The molecular weight excluding hydrogens is 233 g/mol. The maximum absolute atomic E-state index is 6.05. The van der Waals surface area contributed by atoms with Gasteiger partial charge < -0.3 is 5.73 Å². The summed E-state index contributed by atoms with van der Waals surface area (Å²) < 4.78 is 1.72. The van der Waals surface area contributed by atoms with Crippen LogP contribution in [0.2, 0.25) is 10.0 Å². The molecule has 1 heterocycles. The van der Waals surface area contributed by atoms with E-state index in [0.717, 1.165) is 5.56 Å². The van der Waals surface area contributed by atoms with Gasteiger partial charge in [0.15, 0.2) is 0 Å². The molecule has 1 aromatic carbocycles. The largest absolute Gasteiger partial charge is 0.396 e. The molecule has 0 spiro atoms. The van der Waals surface area contributed by atoms with E-state index in [9.17, 15) is 0 Å². The summed E-state index contributed by atoms with van der Waals surface area (Å²) in [7, 11) is 0. The topological polar surface area (TPSA) is 43.8 Å². The maximum atomic E-state index is 6.05. The number of anilines is 1. The quantitative estimate of drug-likeness (QED) is 0.879. The van der Waals surface area contributed by atoms with Crippen LogP contribution in [0.25, 0.3) is 0 Å². The van der Waals surface area contributed by atoms with Crippen molar-refractivity contribution in [1.29, 1.82) is 0 Å². The van der Waals surface area contributed by atoms with Gasteiger partial charge in [0.05, 0.1) is 28.5 Å². The molecule has 78 valence electrons. The van der Waals surface area contributed by atoms with Gasteiger partial charge in [-0.3, -0.25) is 4.68 Å². The maximum Gasteiger partial charge on any atom is 0.0719 e. The molecule has 5 heteroatoms. The number of hydrogen-bond acceptors (Lipinski definition) is 2. The van der Waals surface area contributed by atoms with Crippen LogP contribution in [0.5, 0.6) is 0 Å². The molecule has 0 unspecified atom stereocenters. The zero-order valence-corrected chi connectivity index (χ0v) is 9.33. The average molecular weight is 242 g/mol. The standard InChI is InChI=1S/C10H9Cl2N3/c11-9-3-1-2-7(10(9)12)5-15-6-8(13)4-14-15/h1-4,6H,5,13H2. The van der Waals surface area contributed by atoms with Crippen LogP contribution in [0.4, 0.5) is 5.69 Å². The molecule has 0 atom stereocenters. The lowest BCUT2D eigenvalue weighted by Gasteiger charge is -2.05. The third-order valence-electron chi connectivity index (χ3n) is 2.02. The summed E-state index contributed by atoms with van der Waals surface area (Å²) in [6, 6.07) is 5.52. The predicted molar refractivity (Wildman–Crippen MR) is 62.2 cm³/mol. The molecule has 2 N–H and O–H groups in total. The fraction of sp³-hybridized carbons (Fsp3) is 0.100. The molecule has 0 radical (unpaired) electrons. The minimum atomic E-state index is 0.550. The van der Waals surface area contributed by atoms with Crippen LogP contribution < -0.4 is 5.73 Å². The summed E-state index contributed by atoms with van der Waals surface area (Å²) in [5.74, 6) is 0. The van der Waals surface area contributed by atoms with Gasteiger partial charge >= 0.3 is 0 Å². The van der Waals surface area contributed by atoms with Crippen LogP contribution in [0.1, 0.15) is 5.56 Å². The Labute approximate surface area is 97.4 Å². The molecule has 0 aliphatic rings. The van der Waals surface area contributed by atoms with Gasteiger partial charge in [0.25, 0.3) is 0 Å². The van der Waals surface area contributed by atoms with Crippen molar-refractivity contribution in [3.63, 3.8) is 0 Å². The Hall–Kier alpha value is -1.19. The molecule has 0 amide bonds. The van der Waals surface area contributed by atoms with Crippen LogP contribution in [0, 0.1) is 0 Å². The van der Waals surface area contributed by atoms with Crippen molar-refractivity contribution in [3.8, 4) is 0 Å². The number of aromatic nitrogens is 2. The molecule has 0 saturated carbocycles. The van der Waals surface area contributed by atoms with Gasteiger partial charge in [0.2, 0.25) is 0 Å². The third-order valence-corrected chi connectivity index (χ3v) is 2.88. The summed E-state index contributed by atoms with van der Waals surface area (Å²) in [6.45, 7) is 0.566. The van der Waals surface area contributed by atoms with Gasteiger partial charge in [-0.1, -0.05) is 35.3 Å². The van der Waals surface area contributed by atoms with E-state index in [1.807, 2.05) is 12.1 Å². The highest BCUT2D eigenvalue weighted by Gasteiger charge is 2.05. The first kappa shape index (κ1) is 10.3. The normalized spacial score (nSPS) is 10.5. The molecule has 3 nitrogen and oxygen atoms in total. The summed E-state index contributed by atoms with van der Waals surface area (Å²) in [5.41, 5.74) is 7.11. The molecule has 0 bridgehead atoms. The van der Waals surface area contributed by atoms with Crippen molar-refractivity contribution in [2.24, 2.45) is 0 Å². The van der Waals surface area contributed by atoms with Gasteiger partial charge in [0, 0.05) is 6.20 Å². The number of halogens is 2. The van der Waals surface area contributed by atoms with E-state index in [4.69, 9.17) is 28.9 Å². The Morgan fingerprint density at radius 3 is 2.80 bits per heavy atom. The van der Waals surface area contributed by atoms with E-state index in [0.29, 0.717) is 22.3 Å². The highest BCUT2D eigenvalue weighted by molar-refractivity contribution is 6.42. The van der Waals surface area contributed by atoms with Crippen molar-refractivity contribution < 1.29 is 0 Å². The Morgan fingerprint density at radius 2 is 2.13 bits per heavy atom. The number of hydrogen-bond donors (Lipinski definition) is 1. The number of benzene rings is 1. The van der Waals surface area contributed by atoms with Gasteiger partial charge in [-0.25, -0.2) is 0 Å². The Morgan fingerprint density at radius 1 is 1.33 bits per heavy atom. The van der Waals surface area contributed by atoms with Crippen molar-refractivity contribution >= 4 is 28.9 Å². The molecule has 0 aliphatic heterocycles. The molecule has 1 aromatic heterocycles. The fourth-order valence-corrected chi connectivity index (χ4v) is 1.69. The van der Waals surface area contributed by atoms with E-state index >= 15 is 0 Å². The summed E-state index contributed by atoms with van der Waals surface area (Å²) >= 11 is 11.9. The van der Waals surface area contributed by atoms with Gasteiger partial charge in [-0.2, -0.15) is 5.10 Å². The third kappa shape index (κ3) is 2.25. The van der Waals surface area contributed by atoms with E-state index in [1.165, 1.54) is 0 Å². The lowest BCUT2D eigenvalue weighted by atomic mass is 10.2. The van der Waals surface area contributed by atoms with E-state index in [1.54, 1.807) is 23.1 Å². The van der Waals surface area contributed by atoms with Gasteiger partial charge in [-0.15, -0.1) is 0 Å². The molecule has 2 rings (SSSR count). The molecule has 0 aliphatic carbocycles. The lowest BCUT2D eigenvalue weighted by molar-refractivity contribution is 0.687. The summed E-state index contributed by atoms with van der Waals surface area (Å²) in [6.07, 6.45) is 3.34. The van der Waals surface area contributed by atoms with Gasteiger partial charge in [0.1, 0.15) is 0 Å². The Balaban J connectivity index is 2.28. The predicted octanol–water partition coefficient (Wildman–Crippen LogP) is 2.82. The SMILES string of the molecule is Nc1cnn(Cc2cccc(Cl)c2Cl)c1. The molecule has 0 saturated heterocycles. The van der Waals surface area contributed by atoms with Crippen LogP contribution in [-0.4, -0.2) is 9.78 Å². The number of nitrogens with two attached hydrogens (primary N) is 1. The Kier molecular flexibility index (Phi) is 2.84. The molecule has 0 fully saturated rings. The average Bonchev–Trinajstić information content (AvgIpc) is 2.59. The summed E-state index contributed by atoms with van der Waals surface area (Å²) in [5, 5.41) is 5.19. The molecule has 15 heavy (non-hydrogen) atoms. The second kappa shape index (κ2) is 4.13. The second-order valence-electron chi connectivity index (χ2n) is 3.18. The highest BCUT2D eigenvalue weighted by Crippen LogP contribution is 2.25. The second-order valence-corrected chi connectivity index (χ2v) is 3.97. The smallest absolute Gasteiger partial charge is 0.0719 e. The number of nitrogens with zero attached hydrogens (tertiary/aromatic N) is 2. The van der Waals surface area contributed by atoms with Crippen LogP contribution in [0.15, 0.2) is 30.6 Å². The number of nitrogen functional groups attached to an aromatic ring is 1. The summed E-state index contributed by atoms with van der Waals surface area (Å²) in [4.78, 5) is 0. The van der Waals surface area contributed by atoms with E-state index < -0.39 is 0 Å². The van der Waals surface area contributed by atoms with Crippen molar-refractivity contribution in [1.82, 2.24) is 9.78 Å². The zero-order chi connectivity index (χ0) is 10.8. The highest BCUT2D eigenvalue weighted by atomic mass is 35.5. The molecule has 2 aromatic rings. The monoisotopic (exact) mass is 241 g/mol. The van der Waals surface area contributed by atoms with Crippen molar-refractivity contribution in [3.05, 3.63) is 46.2 Å². The van der Waals surface area contributed by atoms with Crippen LogP contribution in [-0.2, 0) is 6.54 Å². The van der Waals surface area contributed by atoms with Gasteiger partial charge in [-0.05, 0) is 11.6 Å². The number of rotatable bonds is 2. The molecular formula is C10H9Cl2N3. The Bertz CT molecular complexity index is 479. The van der Waals surface area contributed by atoms with Crippen LogP contribution >= 0.6 is 23.2 Å². The van der Waals surface area contributed by atoms with E-state index in [2.05, 4.69) is 5.10 Å². The van der Waals surface area contributed by atoms with Crippen molar-refractivity contribution in [2.45, 2.75) is 6.54 Å². The lowest BCUT2D eigenvalue weighted by Crippen LogP contribution is -2.00. The fourth-order valence-electron chi connectivity index (χ4n) is 1.31. The van der Waals surface area contributed by atoms with Crippen molar-refractivity contribution in [2.75, 3.05) is 5.73 Å². The van der Waals surface area contributed by atoms with Crippen LogP contribution in [0.3, 0.4) is 0 Å². The first-order valence-electron chi connectivity index (χ1n) is 4.37. The van der Waals surface area contributed by atoms with E-state index in [-0.39, 0.29) is 0 Å². The minimum absolute atomic E-state index is 0.550. The minimum Gasteiger partial charge on any atom is -0.396 e.